The number of hydrogen-bond acceptors (Lipinski definition) is 2. The molecule has 3 nitrogen and oxygen atoms in total. The zero-order valence-electron chi connectivity index (χ0n) is 11.8. The summed E-state index contributed by atoms with van der Waals surface area (Å²) in [5.41, 5.74) is 1.79. The molecule has 108 valence electrons. The van der Waals surface area contributed by atoms with Crippen LogP contribution in [0.4, 0.5) is 5.69 Å². The lowest BCUT2D eigenvalue weighted by molar-refractivity contribution is -0.124. The van der Waals surface area contributed by atoms with Crippen molar-refractivity contribution in [2.24, 2.45) is 23.7 Å². The van der Waals surface area contributed by atoms with Gasteiger partial charge in [0.25, 0.3) is 0 Å². The maximum atomic E-state index is 12.8. The molecule has 0 radical (unpaired) electrons. The number of rotatable bonds is 1. The van der Waals surface area contributed by atoms with Gasteiger partial charge in [-0.05, 0) is 49.3 Å². The molecule has 4 heteroatoms. The van der Waals surface area contributed by atoms with Crippen LogP contribution in [0.15, 0.2) is 34.8 Å². The third kappa shape index (κ3) is 1.78. The minimum Gasteiger partial charge on any atom is -0.274 e. The Bertz CT molecular complexity index is 649. The number of allylic oxidation sites excluding steroid dienone is 2. The smallest absolute Gasteiger partial charge is 0.238 e. The van der Waals surface area contributed by atoms with Crippen LogP contribution in [0.25, 0.3) is 0 Å². The molecule has 1 saturated carbocycles. The molecule has 2 bridgehead atoms. The van der Waals surface area contributed by atoms with Crippen LogP contribution >= 0.6 is 15.9 Å². The molecule has 1 aromatic carbocycles. The van der Waals surface area contributed by atoms with Crippen molar-refractivity contribution in [1.29, 1.82) is 0 Å². The maximum absolute atomic E-state index is 12.8. The predicted octanol–water partition coefficient (Wildman–Crippen LogP) is 3.46. The number of amides is 2. The number of benzene rings is 1. The van der Waals surface area contributed by atoms with E-state index in [9.17, 15) is 9.59 Å². The number of anilines is 1. The lowest BCUT2D eigenvalue weighted by Gasteiger charge is -2.38. The molecule has 0 unspecified atom stereocenters. The van der Waals surface area contributed by atoms with Crippen molar-refractivity contribution in [2.45, 2.75) is 19.8 Å². The van der Waals surface area contributed by atoms with Gasteiger partial charge in [-0.15, -0.1) is 0 Å². The van der Waals surface area contributed by atoms with Crippen molar-refractivity contribution >= 4 is 33.4 Å². The van der Waals surface area contributed by atoms with Crippen LogP contribution in [0.5, 0.6) is 0 Å². The highest BCUT2D eigenvalue weighted by Gasteiger charge is 2.56. The summed E-state index contributed by atoms with van der Waals surface area (Å²) < 4.78 is 0.927. The van der Waals surface area contributed by atoms with E-state index in [0.29, 0.717) is 5.69 Å². The standard InChI is InChI=1S/C17H16BrNO2/c1-9-2-7-12(8-13(9)18)19-16(20)14-10-3-4-11(6-5-10)15(14)17(19)21/h2-4,7-8,10-11,14-15H,5-6H2,1H3/t10-,11-,14+,15+/m1/s1. The highest BCUT2D eigenvalue weighted by Crippen LogP contribution is 2.50. The molecule has 0 aromatic heterocycles. The Hall–Kier alpha value is -1.42. The lowest BCUT2D eigenvalue weighted by atomic mass is 9.63. The van der Waals surface area contributed by atoms with Crippen molar-refractivity contribution < 1.29 is 9.59 Å². The molecule has 5 rings (SSSR count). The molecule has 3 aliphatic carbocycles. The molecule has 1 heterocycles. The zero-order chi connectivity index (χ0) is 14.7. The predicted molar refractivity (Wildman–Crippen MR) is 83.7 cm³/mol. The number of carbonyl (C=O) groups excluding carboxylic acids is 2. The van der Waals surface area contributed by atoms with Gasteiger partial charge < -0.3 is 0 Å². The average Bonchev–Trinajstić information content (AvgIpc) is 2.78. The minimum atomic E-state index is -0.138. The maximum Gasteiger partial charge on any atom is 0.238 e. The van der Waals surface area contributed by atoms with Crippen LogP contribution in [0.1, 0.15) is 18.4 Å². The van der Waals surface area contributed by atoms with Crippen molar-refractivity contribution in [3.05, 3.63) is 40.4 Å². The summed E-state index contributed by atoms with van der Waals surface area (Å²) in [6.45, 7) is 1.99. The Morgan fingerprint density at radius 3 is 2.10 bits per heavy atom. The fourth-order valence-electron chi connectivity index (χ4n) is 4.05. The molecule has 2 amide bonds. The molecule has 1 aromatic rings. The van der Waals surface area contributed by atoms with Gasteiger partial charge in [-0.1, -0.05) is 34.1 Å². The van der Waals surface area contributed by atoms with Crippen molar-refractivity contribution in [3.8, 4) is 0 Å². The van der Waals surface area contributed by atoms with E-state index in [1.165, 1.54) is 4.90 Å². The minimum absolute atomic E-state index is 0.0141. The highest BCUT2D eigenvalue weighted by molar-refractivity contribution is 9.10. The largest absolute Gasteiger partial charge is 0.274 e. The van der Waals surface area contributed by atoms with E-state index in [2.05, 4.69) is 28.1 Å². The molecular weight excluding hydrogens is 330 g/mol. The van der Waals surface area contributed by atoms with E-state index >= 15 is 0 Å². The second-order valence-corrected chi connectivity index (χ2v) is 7.14. The lowest BCUT2D eigenvalue weighted by Crippen LogP contribution is -2.38. The van der Waals surface area contributed by atoms with Crippen LogP contribution in [0.3, 0.4) is 0 Å². The summed E-state index contributed by atoms with van der Waals surface area (Å²) in [6.07, 6.45) is 6.36. The summed E-state index contributed by atoms with van der Waals surface area (Å²) in [7, 11) is 0. The Labute approximate surface area is 132 Å². The third-order valence-corrected chi connectivity index (χ3v) is 6.03. The number of carbonyl (C=O) groups is 2. The van der Waals surface area contributed by atoms with Crippen LogP contribution < -0.4 is 4.90 Å². The first-order chi connectivity index (χ1) is 10.1. The molecule has 1 saturated heterocycles. The number of imide groups is 1. The topological polar surface area (TPSA) is 37.4 Å². The average molecular weight is 346 g/mol. The number of hydrogen-bond donors (Lipinski definition) is 0. The Balaban J connectivity index is 1.76. The Morgan fingerprint density at radius 2 is 1.62 bits per heavy atom. The van der Waals surface area contributed by atoms with E-state index in [0.717, 1.165) is 22.9 Å². The van der Waals surface area contributed by atoms with E-state index in [1.54, 1.807) is 0 Å². The van der Waals surface area contributed by atoms with Gasteiger partial charge in [0.15, 0.2) is 0 Å². The number of fused-ring (bicyclic) bond motifs is 1. The summed E-state index contributed by atoms with van der Waals surface area (Å²) in [6, 6.07) is 5.68. The normalized spacial score (nSPS) is 33.7. The molecule has 2 fully saturated rings. The monoisotopic (exact) mass is 345 g/mol. The van der Waals surface area contributed by atoms with Crippen molar-refractivity contribution in [2.75, 3.05) is 4.90 Å². The quantitative estimate of drug-likeness (QED) is 0.577. The van der Waals surface area contributed by atoms with Gasteiger partial charge in [0.05, 0.1) is 17.5 Å². The van der Waals surface area contributed by atoms with Gasteiger partial charge in [-0.25, -0.2) is 4.90 Å². The molecule has 21 heavy (non-hydrogen) atoms. The third-order valence-electron chi connectivity index (χ3n) is 5.17. The first kappa shape index (κ1) is 13.3. The fourth-order valence-corrected chi connectivity index (χ4v) is 4.42. The van der Waals surface area contributed by atoms with Crippen molar-refractivity contribution in [3.63, 3.8) is 0 Å². The summed E-state index contributed by atoms with van der Waals surface area (Å²) in [5, 5.41) is 0. The molecule has 1 aliphatic heterocycles. The molecule has 0 N–H and O–H groups in total. The zero-order valence-corrected chi connectivity index (χ0v) is 13.3. The van der Waals surface area contributed by atoms with E-state index in [-0.39, 0.29) is 35.5 Å². The van der Waals surface area contributed by atoms with Crippen LogP contribution in [0, 0.1) is 30.6 Å². The van der Waals surface area contributed by atoms with Gasteiger partial charge >= 0.3 is 0 Å². The number of nitrogens with zero attached hydrogens (tertiary/aromatic N) is 1. The fraction of sp³-hybridized carbons (Fsp3) is 0.412. The van der Waals surface area contributed by atoms with Crippen LogP contribution in [-0.4, -0.2) is 11.8 Å². The summed E-state index contributed by atoms with van der Waals surface area (Å²) in [5.74, 6) is 0.188. The Kier molecular flexibility index (Phi) is 2.86. The summed E-state index contributed by atoms with van der Waals surface area (Å²) in [4.78, 5) is 27.0. The van der Waals surface area contributed by atoms with E-state index in [4.69, 9.17) is 0 Å². The molecule has 0 spiro atoms. The van der Waals surface area contributed by atoms with E-state index < -0.39 is 0 Å². The molecule has 4 aliphatic rings. The van der Waals surface area contributed by atoms with Gasteiger partial charge in [0.2, 0.25) is 11.8 Å². The van der Waals surface area contributed by atoms with Gasteiger partial charge in [-0.3, -0.25) is 9.59 Å². The first-order valence-electron chi connectivity index (χ1n) is 7.40. The molecular formula is C17H16BrNO2. The van der Waals surface area contributed by atoms with Crippen LogP contribution in [0.2, 0.25) is 0 Å². The highest BCUT2D eigenvalue weighted by atomic mass is 79.9. The second-order valence-electron chi connectivity index (χ2n) is 6.29. The van der Waals surface area contributed by atoms with Crippen LogP contribution in [-0.2, 0) is 9.59 Å². The second kappa shape index (κ2) is 4.54. The van der Waals surface area contributed by atoms with E-state index in [1.807, 2.05) is 25.1 Å². The van der Waals surface area contributed by atoms with Gasteiger partial charge in [0.1, 0.15) is 0 Å². The molecule has 4 atom stereocenters. The SMILES string of the molecule is Cc1ccc(N2C(=O)[C@@H]3[C@@H](C2=O)[C@@H]2C=C[C@@H]3CC2)cc1Br. The van der Waals surface area contributed by atoms with Crippen molar-refractivity contribution in [1.82, 2.24) is 0 Å². The number of aryl methyl sites for hydroxylation is 1. The van der Waals surface area contributed by atoms with Gasteiger partial charge in [0, 0.05) is 4.47 Å². The van der Waals surface area contributed by atoms with Gasteiger partial charge in [-0.2, -0.15) is 0 Å². The summed E-state index contributed by atoms with van der Waals surface area (Å²) >= 11 is 3.48. The number of halogens is 1. The Morgan fingerprint density at radius 1 is 1.05 bits per heavy atom. The first-order valence-corrected chi connectivity index (χ1v) is 8.19.